The number of halogens is 2. The van der Waals surface area contributed by atoms with Gasteiger partial charge in [-0.05, 0) is 26.0 Å². The van der Waals surface area contributed by atoms with Crippen LogP contribution in [0.2, 0.25) is 0 Å². The van der Waals surface area contributed by atoms with Crippen LogP contribution in [0.25, 0.3) is 11.3 Å². The molecule has 1 aliphatic heterocycles. The van der Waals surface area contributed by atoms with Crippen molar-refractivity contribution in [1.29, 1.82) is 0 Å². The van der Waals surface area contributed by atoms with Crippen molar-refractivity contribution in [1.82, 2.24) is 15.2 Å². The van der Waals surface area contributed by atoms with E-state index in [-0.39, 0.29) is 36.8 Å². The Morgan fingerprint density at radius 2 is 1.88 bits per heavy atom. The van der Waals surface area contributed by atoms with Gasteiger partial charge in [0, 0.05) is 31.2 Å². The summed E-state index contributed by atoms with van der Waals surface area (Å²) in [5.41, 5.74) is 3.47. The molecule has 0 bridgehead atoms. The van der Waals surface area contributed by atoms with Crippen LogP contribution in [0, 0.1) is 6.92 Å². The summed E-state index contributed by atoms with van der Waals surface area (Å²) in [5, 5.41) is 3.31. The molecule has 0 aliphatic carbocycles. The Morgan fingerprint density at radius 1 is 1.17 bits per heavy atom. The molecule has 6 heteroatoms. The second-order valence-corrected chi connectivity index (χ2v) is 5.75. The molecule has 0 radical (unpaired) electrons. The highest BCUT2D eigenvalue weighted by Crippen LogP contribution is 2.20. The molecule has 1 amide bonds. The second kappa shape index (κ2) is 9.02. The van der Waals surface area contributed by atoms with E-state index in [0.29, 0.717) is 5.56 Å². The monoisotopic (exact) mass is 367 g/mol. The fourth-order valence-corrected chi connectivity index (χ4v) is 2.85. The number of hydrogen-bond acceptors (Lipinski definition) is 3. The van der Waals surface area contributed by atoms with Crippen LogP contribution >= 0.6 is 24.8 Å². The molecule has 0 spiro atoms. The number of pyridine rings is 1. The van der Waals surface area contributed by atoms with Gasteiger partial charge in [0.2, 0.25) is 0 Å². The topological polar surface area (TPSA) is 45.2 Å². The minimum atomic E-state index is 0. The third kappa shape index (κ3) is 4.26. The average molecular weight is 368 g/mol. The zero-order valence-corrected chi connectivity index (χ0v) is 15.5. The van der Waals surface area contributed by atoms with Gasteiger partial charge >= 0.3 is 0 Å². The third-order valence-corrected chi connectivity index (χ3v) is 4.15. The number of carbonyl (C=O) groups is 1. The summed E-state index contributed by atoms with van der Waals surface area (Å²) in [6.07, 6.45) is 0. The van der Waals surface area contributed by atoms with Gasteiger partial charge in [-0.1, -0.05) is 30.3 Å². The van der Waals surface area contributed by atoms with E-state index in [0.717, 1.165) is 36.6 Å². The summed E-state index contributed by atoms with van der Waals surface area (Å²) in [5.74, 6) is 0.0820. The Bertz CT molecular complexity index is 679. The largest absolute Gasteiger partial charge is 0.333 e. The highest BCUT2D eigenvalue weighted by Gasteiger charge is 2.25. The third-order valence-electron chi connectivity index (χ3n) is 4.15. The molecule has 2 heterocycles. The normalized spacial score (nSPS) is 16.8. The molecule has 1 fully saturated rings. The van der Waals surface area contributed by atoms with E-state index in [2.05, 4.69) is 17.2 Å². The van der Waals surface area contributed by atoms with Crippen molar-refractivity contribution < 1.29 is 4.79 Å². The van der Waals surface area contributed by atoms with Crippen LogP contribution in [0.1, 0.15) is 23.0 Å². The molecular formula is C18H23Cl2N3O. The quantitative estimate of drug-likeness (QED) is 0.885. The van der Waals surface area contributed by atoms with Crippen LogP contribution in [0.15, 0.2) is 42.5 Å². The van der Waals surface area contributed by atoms with E-state index in [1.54, 1.807) is 0 Å². The van der Waals surface area contributed by atoms with E-state index in [1.165, 1.54) is 0 Å². The first-order valence-corrected chi connectivity index (χ1v) is 7.71. The number of nitrogens with zero attached hydrogens (tertiary/aromatic N) is 2. The minimum Gasteiger partial charge on any atom is -0.333 e. The maximum atomic E-state index is 12.7. The van der Waals surface area contributed by atoms with Crippen LogP contribution in [-0.2, 0) is 0 Å². The zero-order chi connectivity index (χ0) is 15.5. The Morgan fingerprint density at radius 3 is 2.50 bits per heavy atom. The highest BCUT2D eigenvalue weighted by atomic mass is 35.5. The predicted molar refractivity (Wildman–Crippen MR) is 102 cm³/mol. The lowest BCUT2D eigenvalue weighted by Crippen LogP contribution is -2.52. The number of aromatic nitrogens is 1. The van der Waals surface area contributed by atoms with E-state index >= 15 is 0 Å². The Labute approximate surface area is 155 Å². The molecule has 130 valence electrons. The fourth-order valence-electron chi connectivity index (χ4n) is 2.85. The summed E-state index contributed by atoms with van der Waals surface area (Å²) in [6.45, 7) is 6.43. The van der Waals surface area contributed by atoms with Crippen molar-refractivity contribution in [2.24, 2.45) is 0 Å². The molecule has 24 heavy (non-hydrogen) atoms. The number of carbonyl (C=O) groups excluding carboxylic acids is 1. The molecule has 1 atom stereocenters. The van der Waals surface area contributed by atoms with Crippen molar-refractivity contribution in [3.05, 3.63) is 53.7 Å². The van der Waals surface area contributed by atoms with E-state index in [1.807, 2.05) is 54.3 Å². The maximum absolute atomic E-state index is 12.7. The molecule has 1 aromatic carbocycles. The smallest absolute Gasteiger partial charge is 0.256 e. The van der Waals surface area contributed by atoms with Gasteiger partial charge in [-0.3, -0.25) is 9.78 Å². The number of aryl methyl sites for hydroxylation is 1. The van der Waals surface area contributed by atoms with E-state index < -0.39 is 0 Å². The van der Waals surface area contributed by atoms with Crippen LogP contribution in [0.3, 0.4) is 0 Å². The van der Waals surface area contributed by atoms with E-state index in [9.17, 15) is 4.79 Å². The van der Waals surface area contributed by atoms with Gasteiger partial charge in [-0.25, -0.2) is 0 Å². The second-order valence-electron chi connectivity index (χ2n) is 5.75. The number of nitrogens with one attached hydrogen (secondary N) is 1. The number of piperazine rings is 1. The van der Waals surface area contributed by atoms with E-state index in [4.69, 9.17) is 0 Å². The van der Waals surface area contributed by atoms with Gasteiger partial charge in [0.1, 0.15) is 0 Å². The minimum absolute atomic E-state index is 0. The molecule has 1 aromatic heterocycles. The summed E-state index contributed by atoms with van der Waals surface area (Å²) in [6, 6.07) is 14.1. The molecule has 0 unspecified atom stereocenters. The first kappa shape index (κ1) is 20.4. The summed E-state index contributed by atoms with van der Waals surface area (Å²) in [4.78, 5) is 19.3. The zero-order valence-electron chi connectivity index (χ0n) is 13.9. The van der Waals surface area contributed by atoms with Crippen molar-refractivity contribution in [3.8, 4) is 11.3 Å². The Kier molecular flexibility index (Phi) is 7.67. The predicted octanol–water partition coefficient (Wildman–Crippen LogP) is 3.33. The molecule has 0 saturated carbocycles. The van der Waals surface area contributed by atoms with Crippen LogP contribution in [0.5, 0.6) is 0 Å². The van der Waals surface area contributed by atoms with Crippen molar-refractivity contribution >= 4 is 30.7 Å². The lowest BCUT2D eigenvalue weighted by molar-refractivity contribution is 0.0654. The van der Waals surface area contributed by atoms with Gasteiger partial charge in [-0.15, -0.1) is 24.8 Å². The number of benzene rings is 1. The average Bonchev–Trinajstić information content (AvgIpc) is 2.55. The summed E-state index contributed by atoms with van der Waals surface area (Å²) >= 11 is 0. The van der Waals surface area contributed by atoms with Crippen LogP contribution in [-0.4, -0.2) is 41.5 Å². The molecule has 2 aromatic rings. The van der Waals surface area contributed by atoms with Gasteiger partial charge in [0.05, 0.1) is 17.0 Å². The van der Waals surface area contributed by atoms with Crippen molar-refractivity contribution in [2.45, 2.75) is 19.9 Å². The van der Waals surface area contributed by atoms with Gasteiger partial charge in [0.15, 0.2) is 0 Å². The van der Waals surface area contributed by atoms with Gasteiger partial charge in [0.25, 0.3) is 5.91 Å². The fraction of sp³-hybridized carbons (Fsp3) is 0.333. The standard InChI is InChI=1S/C18H21N3O.2ClH/c1-13-12-19-10-11-21(13)18(22)16-8-9-17(20-14(16)2)15-6-4-3-5-7-15;;/h3-9,13,19H,10-12H2,1-2H3;2*1H/t13-;;/m1../s1. The summed E-state index contributed by atoms with van der Waals surface area (Å²) < 4.78 is 0. The SMILES string of the molecule is Cc1nc(-c2ccccc2)ccc1C(=O)N1CCNC[C@H]1C.Cl.Cl. The Hall–Kier alpha value is -1.62. The molecule has 1 aliphatic rings. The van der Waals surface area contributed by atoms with Gasteiger partial charge < -0.3 is 10.2 Å². The number of amides is 1. The Balaban J connectivity index is 0.00000144. The van der Waals surface area contributed by atoms with Crippen LogP contribution in [0.4, 0.5) is 0 Å². The molecule has 3 rings (SSSR count). The number of hydrogen-bond donors (Lipinski definition) is 1. The van der Waals surface area contributed by atoms with Crippen molar-refractivity contribution in [3.63, 3.8) is 0 Å². The highest BCUT2D eigenvalue weighted by molar-refractivity contribution is 5.95. The lowest BCUT2D eigenvalue weighted by Gasteiger charge is -2.34. The molecule has 1 saturated heterocycles. The maximum Gasteiger partial charge on any atom is 0.256 e. The molecular weight excluding hydrogens is 345 g/mol. The van der Waals surface area contributed by atoms with Crippen molar-refractivity contribution in [2.75, 3.05) is 19.6 Å². The van der Waals surface area contributed by atoms with Crippen LogP contribution < -0.4 is 5.32 Å². The number of rotatable bonds is 2. The first-order valence-electron chi connectivity index (χ1n) is 7.71. The van der Waals surface area contributed by atoms with Gasteiger partial charge in [-0.2, -0.15) is 0 Å². The lowest BCUT2D eigenvalue weighted by atomic mass is 10.1. The first-order chi connectivity index (χ1) is 10.7. The molecule has 1 N–H and O–H groups in total. The molecule has 4 nitrogen and oxygen atoms in total. The summed E-state index contributed by atoms with van der Waals surface area (Å²) in [7, 11) is 0.